The lowest BCUT2D eigenvalue weighted by molar-refractivity contribution is 0.385. The quantitative estimate of drug-likeness (QED) is 0.719. The van der Waals surface area contributed by atoms with Gasteiger partial charge in [-0.1, -0.05) is 0 Å². The fourth-order valence-corrected chi connectivity index (χ4v) is 1.54. The largest absolute Gasteiger partial charge is 0.393 e. The van der Waals surface area contributed by atoms with Crippen LogP contribution < -0.4 is 5.73 Å². The third-order valence-electron chi connectivity index (χ3n) is 1.99. The van der Waals surface area contributed by atoms with Crippen LogP contribution in [0.15, 0.2) is 16.1 Å². The van der Waals surface area contributed by atoms with Crippen LogP contribution in [0.5, 0.6) is 0 Å². The fraction of sp³-hybridized carbons (Fsp3) is 0.667. The molecule has 3 nitrogen and oxygen atoms in total. The molecule has 0 saturated carbocycles. The van der Waals surface area contributed by atoms with E-state index in [9.17, 15) is 0 Å². The van der Waals surface area contributed by atoms with Gasteiger partial charge in [0.05, 0.1) is 10.7 Å². The van der Waals surface area contributed by atoms with Crippen LogP contribution in [0.4, 0.5) is 0 Å². The number of hydrogen-bond acceptors (Lipinski definition) is 4. The van der Waals surface area contributed by atoms with Crippen molar-refractivity contribution in [1.29, 1.82) is 0 Å². The van der Waals surface area contributed by atoms with Crippen molar-refractivity contribution in [3.8, 4) is 0 Å². The first kappa shape index (κ1) is 10.6. The Morgan fingerprint density at radius 1 is 1.69 bits per heavy atom. The summed E-state index contributed by atoms with van der Waals surface area (Å²) in [5, 5.41) is 0.842. The summed E-state index contributed by atoms with van der Waals surface area (Å²) < 4.78 is 0. The molecule has 1 aliphatic rings. The van der Waals surface area contributed by atoms with Crippen molar-refractivity contribution in [1.82, 2.24) is 4.90 Å². The Labute approximate surface area is 84.1 Å². The fourth-order valence-electron chi connectivity index (χ4n) is 1.28. The van der Waals surface area contributed by atoms with E-state index in [4.69, 9.17) is 5.73 Å². The van der Waals surface area contributed by atoms with Crippen LogP contribution in [-0.2, 0) is 0 Å². The van der Waals surface area contributed by atoms with Gasteiger partial charge in [0.15, 0.2) is 0 Å². The van der Waals surface area contributed by atoms with Gasteiger partial charge in [0.2, 0.25) is 0 Å². The number of nitrogens with zero attached hydrogens (tertiary/aromatic N) is 2. The minimum Gasteiger partial charge on any atom is -0.393 e. The van der Waals surface area contributed by atoms with Gasteiger partial charge in [-0.3, -0.25) is 4.99 Å². The van der Waals surface area contributed by atoms with Crippen molar-refractivity contribution < 1.29 is 0 Å². The predicted octanol–water partition coefficient (Wildman–Crippen LogP) is 0.926. The second kappa shape index (κ2) is 5.29. The zero-order valence-corrected chi connectivity index (χ0v) is 9.10. The van der Waals surface area contributed by atoms with Crippen molar-refractivity contribution in [3.05, 3.63) is 11.1 Å². The first-order valence-electron chi connectivity index (χ1n) is 4.45. The maximum atomic E-state index is 5.72. The maximum absolute atomic E-state index is 5.72. The zero-order valence-electron chi connectivity index (χ0n) is 8.29. The second-order valence-corrected chi connectivity index (χ2v) is 4.09. The molecular formula is C9H17N3S. The third kappa shape index (κ3) is 3.83. The van der Waals surface area contributed by atoms with E-state index in [1.807, 2.05) is 12.3 Å². The molecule has 2 N–H and O–H groups in total. The Morgan fingerprint density at radius 3 is 3.15 bits per heavy atom. The Balaban J connectivity index is 2.61. The van der Waals surface area contributed by atoms with Crippen LogP contribution in [0, 0.1) is 0 Å². The van der Waals surface area contributed by atoms with Crippen LogP contribution >= 0.6 is 11.8 Å². The lowest BCUT2D eigenvalue weighted by Crippen LogP contribution is -2.24. The Bertz CT molecular complexity index is 223. The highest BCUT2D eigenvalue weighted by molar-refractivity contribution is 8.02. The lowest BCUT2D eigenvalue weighted by Gasteiger charge is -2.12. The minimum atomic E-state index is 0.842. The Hall–Kier alpha value is -0.480. The minimum absolute atomic E-state index is 0.842. The predicted molar refractivity (Wildman–Crippen MR) is 60.2 cm³/mol. The molecule has 0 aliphatic carbocycles. The summed E-state index contributed by atoms with van der Waals surface area (Å²) in [6.45, 7) is 2.97. The summed E-state index contributed by atoms with van der Waals surface area (Å²) in [7, 11) is 2.12. The Morgan fingerprint density at radius 2 is 2.46 bits per heavy atom. The zero-order chi connectivity index (χ0) is 9.68. The van der Waals surface area contributed by atoms with Crippen molar-refractivity contribution in [2.24, 2.45) is 10.7 Å². The van der Waals surface area contributed by atoms with E-state index in [-0.39, 0.29) is 0 Å². The summed E-state index contributed by atoms with van der Waals surface area (Å²) >= 11 is 1.57. The van der Waals surface area contributed by atoms with E-state index < -0.39 is 0 Å². The molecule has 0 atom stereocenters. The molecule has 0 spiro atoms. The SMILES string of the molecule is CS/C(N)=C/C1=NCCCN(C)C1. The summed E-state index contributed by atoms with van der Waals surface area (Å²) in [6, 6.07) is 0. The maximum Gasteiger partial charge on any atom is 0.0671 e. The highest BCUT2D eigenvalue weighted by atomic mass is 32.2. The van der Waals surface area contributed by atoms with Gasteiger partial charge in [-0.25, -0.2) is 0 Å². The number of rotatable bonds is 2. The molecular weight excluding hydrogens is 182 g/mol. The van der Waals surface area contributed by atoms with Crippen LogP contribution in [0.25, 0.3) is 0 Å². The molecule has 74 valence electrons. The van der Waals surface area contributed by atoms with Gasteiger partial charge in [-0.05, 0) is 25.8 Å². The molecule has 0 amide bonds. The smallest absolute Gasteiger partial charge is 0.0671 e. The van der Waals surface area contributed by atoms with E-state index in [1.165, 1.54) is 0 Å². The van der Waals surface area contributed by atoms with Crippen molar-refractivity contribution in [2.45, 2.75) is 6.42 Å². The van der Waals surface area contributed by atoms with Crippen LogP contribution in [0.2, 0.25) is 0 Å². The molecule has 0 aromatic carbocycles. The molecule has 1 rings (SSSR count). The van der Waals surface area contributed by atoms with E-state index in [0.29, 0.717) is 0 Å². The number of aliphatic imine (C=N–C) groups is 1. The van der Waals surface area contributed by atoms with Gasteiger partial charge in [0.1, 0.15) is 0 Å². The molecule has 0 aromatic rings. The number of thioether (sulfide) groups is 1. The van der Waals surface area contributed by atoms with Gasteiger partial charge in [0.25, 0.3) is 0 Å². The molecule has 1 heterocycles. The normalized spacial score (nSPS) is 21.1. The standard InChI is InChI=1S/C9H17N3S/c1-12-5-3-4-11-8(7-12)6-9(10)13-2/h6H,3-5,7,10H2,1-2H3/b9-6+. The highest BCUT2D eigenvalue weighted by Gasteiger charge is 2.06. The van der Waals surface area contributed by atoms with Gasteiger partial charge >= 0.3 is 0 Å². The van der Waals surface area contributed by atoms with E-state index in [1.54, 1.807) is 11.8 Å². The van der Waals surface area contributed by atoms with Gasteiger partial charge in [0, 0.05) is 19.6 Å². The molecule has 0 saturated heterocycles. The second-order valence-electron chi connectivity index (χ2n) is 3.22. The third-order valence-corrected chi connectivity index (χ3v) is 2.58. The van der Waals surface area contributed by atoms with Crippen molar-refractivity contribution in [2.75, 3.05) is 32.9 Å². The molecule has 0 bridgehead atoms. The summed E-state index contributed by atoms with van der Waals surface area (Å²) in [4.78, 5) is 6.74. The van der Waals surface area contributed by atoms with Gasteiger partial charge < -0.3 is 10.6 Å². The summed E-state index contributed by atoms with van der Waals surface area (Å²) in [6.07, 6.45) is 5.10. The number of hydrogen-bond donors (Lipinski definition) is 1. The first-order chi connectivity index (χ1) is 6.22. The van der Waals surface area contributed by atoms with Gasteiger partial charge in [-0.2, -0.15) is 0 Å². The first-order valence-corrected chi connectivity index (χ1v) is 5.68. The molecule has 0 aromatic heterocycles. The van der Waals surface area contributed by atoms with Crippen LogP contribution in [0.3, 0.4) is 0 Å². The van der Waals surface area contributed by atoms with E-state index in [0.717, 1.165) is 36.8 Å². The molecule has 0 unspecified atom stereocenters. The van der Waals surface area contributed by atoms with Gasteiger partial charge in [-0.15, -0.1) is 11.8 Å². The average Bonchev–Trinajstić information content (AvgIpc) is 2.30. The molecule has 13 heavy (non-hydrogen) atoms. The topological polar surface area (TPSA) is 41.6 Å². The van der Waals surface area contributed by atoms with E-state index >= 15 is 0 Å². The highest BCUT2D eigenvalue weighted by Crippen LogP contribution is 2.05. The van der Waals surface area contributed by atoms with Crippen LogP contribution in [-0.4, -0.2) is 43.5 Å². The average molecular weight is 199 g/mol. The summed E-state index contributed by atoms with van der Waals surface area (Å²) in [5.74, 6) is 0. The molecule has 0 radical (unpaired) electrons. The Kier molecular flexibility index (Phi) is 4.32. The molecule has 1 aliphatic heterocycles. The van der Waals surface area contributed by atoms with Crippen molar-refractivity contribution >= 4 is 17.5 Å². The van der Waals surface area contributed by atoms with Crippen molar-refractivity contribution in [3.63, 3.8) is 0 Å². The molecule has 4 heteroatoms. The lowest BCUT2D eigenvalue weighted by atomic mass is 10.3. The van der Waals surface area contributed by atoms with E-state index in [2.05, 4.69) is 16.9 Å². The number of nitrogens with two attached hydrogens (primary N) is 1. The van der Waals surface area contributed by atoms with Crippen LogP contribution in [0.1, 0.15) is 6.42 Å². The summed E-state index contributed by atoms with van der Waals surface area (Å²) in [5.41, 5.74) is 6.83. The monoisotopic (exact) mass is 199 g/mol. The molecule has 0 fully saturated rings.